The molecule has 0 aromatic heterocycles. The van der Waals surface area contributed by atoms with E-state index in [-0.39, 0.29) is 12.2 Å². The van der Waals surface area contributed by atoms with Gasteiger partial charge < -0.3 is 4.74 Å². The highest BCUT2D eigenvalue weighted by atomic mass is 16.5. The van der Waals surface area contributed by atoms with Gasteiger partial charge in [-0.1, -0.05) is 60.7 Å². The summed E-state index contributed by atoms with van der Waals surface area (Å²) < 4.78 is 4.95. The van der Waals surface area contributed by atoms with Gasteiger partial charge in [-0.3, -0.25) is 4.79 Å². The Bertz CT molecular complexity index is 658. The molecular formula is C19H18O3. The molecule has 22 heavy (non-hydrogen) atoms. The quantitative estimate of drug-likeness (QED) is 0.461. The Morgan fingerprint density at radius 2 is 1.45 bits per heavy atom. The Kier molecular flexibility index (Phi) is 5.66. The van der Waals surface area contributed by atoms with Crippen LogP contribution < -0.4 is 0 Å². The van der Waals surface area contributed by atoms with Crippen LogP contribution in [0, 0.1) is 0 Å². The number of hydrogen-bond acceptors (Lipinski definition) is 3. The first kappa shape index (κ1) is 15.7. The normalized spacial score (nSPS) is 11.0. The van der Waals surface area contributed by atoms with Crippen LogP contribution in [-0.2, 0) is 9.53 Å². The summed E-state index contributed by atoms with van der Waals surface area (Å²) in [4.78, 5) is 24.1. The van der Waals surface area contributed by atoms with Gasteiger partial charge in [0.15, 0.2) is 5.78 Å². The van der Waals surface area contributed by atoms with Crippen LogP contribution in [0.1, 0.15) is 29.3 Å². The number of ether oxygens (including phenoxy) is 1. The van der Waals surface area contributed by atoms with E-state index in [1.54, 1.807) is 19.1 Å². The first-order valence-electron chi connectivity index (χ1n) is 7.21. The van der Waals surface area contributed by atoms with Gasteiger partial charge in [0.05, 0.1) is 6.61 Å². The minimum Gasteiger partial charge on any atom is -0.463 e. The van der Waals surface area contributed by atoms with Crippen LogP contribution >= 0.6 is 0 Å². The summed E-state index contributed by atoms with van der Waals surface area (Å²) >= 11 is 0. The molecule has 0 aliphatic carbocycles. The number of rotatable bonds is 6. The number of carbonyl (C=O) groups is 2. The van der Waals surface area contributed by atoms with Crippen molar-refractivity contribution in [3.63, 3.8) is 0 Å². The average Bonchev–Trinajstić information content (AvgIpc) is 2.56. The number of benzene rings is 2. The van der Waals surface area contributed by atoms with Gasteiger partial charge in [0.1, 0.15) is 0 Å². The molecule has 0 amide bonds. The van der Waals surface area contributed by atoms with Crippen LogP contribution in [0.25, 0.3) is 5.57 Å². The Morgan fingerprint density at radius 1 is 0.909 bits per heavy atom. The highest BCUT2D eigenvalue weighted by Crippen LogP contribution is 2.20. The van der Waals surface area contributed by atoms with Crippen LogP contribution in [0.5, 0.6) is 0 Å². The van der Waals surface area contributed by atoms with Gasteiger partial charge in [0.2, 0.25) is 0 Å². The number of allylic oxidation sites excluding steroid dienone is 1. The van der Waals surface area contributed by atoms with Gasteiger partial charge >= 0.3 is 5.97 Å². The van der Waals surface area contributed by atoms with E-state index in [1.165, 1.54) is 6.08 Å². The predicted molar refractivity (Wildman–Crippen MR) is 86.4 cm³/mol. The van der Waals surface area contributed by atoms with Gasteiger partial charge in [0.25, 0.3) is 0 Å². The zero-order chi connectivity index (χ0) is 15.8. The van der Waals surface area contributed by atoms with Gasteiger partial charge in [-0.15, -0.1) is 0 Å². The second-order valence-electron chi connectivity index (χ2n) is 4.75. The smallest absolute Gasteiger partial charge is 0.331 e. The maximum atomic E-state index is 12.4. The summed E-state index contributed by atoms with van der Waals surface area (Å²) in [7, 11) is 0. The van der Waals surface area contributed by atoms with E-state index in [9.17, 15) is 9.59 Å². The van der Waals surface area contributed by atoms with Gasteiger partial charge in [-0.25, -0.2) is 4.79 Å². The van der Waals surface area contributed by atoms with Crippen molar-refractivity contribution >= 4 is 17.3 Å². The molecule has 2 aromatic rings. The molecule has 0 N–H and O–H groups in total. The van der Waals surface area contributed by atoms with Crippen molar-refractivity contribution in [3.8, 4) is 0 Å². The van der Waals surface area contributed by atoms with E-state index in [1.807, 2.05) is 48.5 Å². The molecule has 112 valence electrons. The lowest BCUT2D eigenvalue weighted by Gasteiger charge is -2.08. The molecule has 0 spiro atoms. The molecular weight excluding hydrogens is 276 g/mol. The van der Waals surface area contributed by atoms with Gasteiger partial charge in [0, 0.05) is 18.1 Å². The summed E-state index contributed by atoms with van der Waals surface area (Å²) in [5, 5.41) is 0. The first-order chi connectivity index (χ1) is 10.7. The predicted octanol–water partition coefficient (Wildman–Crippen LogP) is 3.91. The van der Waals surface area contributed by atoms with Crippen molar-refractivity contribution < 1.29 is 14.3 Å². The zero-order valence-electron chi connectivity index (χ0n) is 12.5. The second kappa shape index (κ2) is 7.93. The summed E-state index contributed by atoms with van der Waals surface area (Å²) in [6.45, 7) is 2.06. The van der Waals surface area contributed by atoms with Crippen LogP contribution in [0.4, 0.5) is 0 Å². The van der Waals surface area contributed by atoms with Gasteiger partial charge in [-0.2, -0.15) is 0 Å². The molecule has 0 aliphatic heterocycles. The van der Waals surface area contributed by atoms with Gasteiger partial charge in [-0.05, 0) is 18.1 Å². The lowest BCUT2D eigenvalue weighted by Crippen LogP contribution is -2.05. The fraction of sp³-hybridized carbons (Fsp3) is 0.158. The molecule has 0 fully saturated rings. The molecule has 0 saturated carbocycles. The van der Waals surface area contributed by atoms with E-state index in [0.717, 1.165) is 5.56 Å². The maximum Gasteiger partial charge on any atom is 0.331 e. The maximum absolute atomic E-state index is 12.4. The lowest BCUT2D eigenvalue weighted by molar-refractivity contribution is -0.137. The minimum absolute atomic E-state index is 0.0278. The van der Waals surface area contributed by atoms with Crippen LogP contribution in [0.15, 0.2) is 66.7 Å². The van der Waals surface area contributed by atoms with Crippen molar-refractivity contribution in [3.05, 3.63) is 77.9 Å². The van der Waals surface area contributed by atoms with E-state index in [4.69, 9.17) is 4.74 Å². The average molecular weight is 294 g/mol. The fourth-order valence-corrected chi connectivity index (χ4v) is 2.11. The van der Waals surface area contributed by atoms with Crippen LogP contribution in [-0.4, -0.2) is 18.4 Å². The Labute approximate surface area is 130 Å². The number of Topliss-reactive ketones (excluding diaryl/α,β-unsaturated/α-hetero) is 1. The van der Waals surface area contributed by atoms with E-state index >= 15 is 0 Å². The summed E-state index contributed by atoms with van der Waals surface area (Å²) in [6, 6.07) is 18.5. The number of esters is 1. The highest BCUT2D eigenvalue weighted by Gasteiger charge is 2.12. The second-order valence-corrected chi connectivity index (χ2v) is 4.75. The first-order valence-corrected chi connectivity index (χ1v) is 7.21. The van der Waals surface area contributed by atoms with Crippen molar-refractivity contribution in [2.24, 2.45) is 0 Å². The summed E-state index contributed by atoms with van der Waals surface area (Å²) in [6.07, 6.45) is 1.56. The molecule has 0 aliphatic rings. The van der Waals surface area contributed by atoms with E-state index < -0.39 is 5.97 Å². The van der Waals surface area contributed by atoms with E-state index in [0.29, 0.717) is 17.7 Å². The molecule has 0 radical (unpaired) electrons. The SMILES string of the molecule is CCOC(=O)C=C(CC(=O)c1ccccc1)c1ccccc1. The fourth-order valence-electron chi connectivity index (χ4n) is 2.11. The Morgan fingerprint density at radius 3 is 2.00 bits per heavy atom. The minimum atomic E-state index is -0.429. The lowest BCUT2D eigenvalue weighted by atomic mass is 9.97. The van der Waals surface area contributed by atoms with Crippen molar-refractivity contribution in [1.82, 2.24) is 0 Å². The largest absolute Gasteiger partial charge is 0.463 e. The molecule has 2 aromatic carbocycles. The zero-order valence-corrected chi connectivity index (χ0v) is 12.5. The topological polar surface area (TPSA) is 43.4 Å². The molecule has 2 rings (SSSR count). The monoisotopic (exact) mass is 294 g/mol. The van der Waals surface area contributed by atoms with Crippen LogP contribution in [0.2, 0.25) is 0 Å². The molecule has 3 heteroatoms. The third-order valence-electron chi connectivity index (χ3n) is 3.17. The van der Waals surface area contributed by atoms with Crippen molar-refractivity contribution in [1.29, 1.82) is 0 Å². The molecule has 3 nitrogen and oxygen atoms in total. The Hall–Kier alpha value is -2.68. The summed E-state index contributed by atoms with van der Waals surface area (Å²) in [5.74, 6) is -0.456. The molecule has 0 unspecified atom stereocenters. The number of hydrogen-bond donors (Lipinski definition) is 0. The van der Waals surface area contributed by atoms with Crippen molar-refractivity contribution in [2.45, 2.75) is 13.3 Å². The third-order valence-corrected chi connectivity index (χ3v) is 3.17. The van der Waals surface area contributed by atoms with Crippen LogP contribution in [0.3, 0.4) is 0 Å². The molecule has 0 saturated heterocycles. The Balaban J connectivity index is 2.25. The highest BCUT2D eigenvalue weighted by molar-refractivity contribution is 6.05. The summed E-state index contributed by atoms with van der Waals surface area (Å²) in [5.41, 5.74) is 2.14. The molecule has 0 bridgehead atoms. The standard InChI is InChI=1S/C19H18O3/c1-2-22-19(21)14-17(15-9-5-3-6-10-15)13-18(20)16-11-7-4-8-12-16/h3-12,14H,2,13H2,1H3. The third kappa shape index (κ3) is 4.42. The van der Waals surface area contributed by atoms with Crippen molar-refractivity contribution in [2.75, 3.05) is 6.61 Å². The molecule has 0 heterocycles. The van der Waals surface area contributed by atoms with E-state index in [2.05, 4.69) is 0 Å². The number of ketones is 1. The molecule has 0 atom stereocenters. The number of carbonyl (C=O) groups excluding carboxylic acids is 2.